The van der Waals surface area contributed by atoms with E-state index in [-0.39, 0.29) is 5.91 Å². The fourth-order valence-electron chi connectivity index (χ4n) is 0.509. The average molecular weight is 154 g/mol. The molecule has 0 atom stereocenters. The minimum Gasteiger partial charge on any atom is -0.344 e. The molecule has 62 valence electrons. The van der Waals surface area contributed by atoms with Crippen molar-refractivity contribution in [2.24, 2.45) is 0 Å². The number of hydrogen-bond donors (Lipinski definition) is 2. The van der Waals surface area contributed by atoms with Gasteiger partial charge in [0.05, 0.1) is 13.1 Å². The van der Waals surface area contributed by atoms with E-state index in [0.29, 0.717) is 19.1 Å². The zero-order valence-electron chi connectivity index (χ0n) is 6.98. The van der Waals surface area contributed by atoms with Gasteiger partial charge < -0.3 is 10.6 Å². The van der Waals surface area contributed by atoms with E-state index in [4.69, 9.17) is 6.42 Å². The van der Waals surface area contributed by atoms with Crippen molar-refractivity contribution in [1.82, 2.24) is 10.6 Å². The fourth-order valence-corrected chi connectivity index (χ4v) is 0.509. The highest BCUT2D eigenvalue weighted by Gasteiger charge is 1.98. The summed E-state index contributed by atoms with van der Waals surface area (Å²) >= 11 is 0. The van der Waals surface area contributed by atoms with Gasteiger partial charge in [-0.05, 0) is 0 Å². The molecule has 0 aromatic rings. The molecule has 0 aromatic carbocycles. The predicted molar refractivity (Wildman–Crippen MR) is 45.0 cm³/mol. The maximum absolute atomic E-state index is 10.8. The lowest BCUT2D eigenvalue weighted by atomic mass is 10.4. The fraction of sp³-hybridized carbons (Fsp3) is 0.625. The number of carbonyl (C=O) groups excluding carboxylic acids is 1. The Kier molecular flexibility index (Phi) is 5.22. The van der Waals surface area contributed by atoms with Crippen LogP contribution in [-0.2, 0) is 4.79 Å². The third-order valence-corrected chi connectivity index (χ3v) is 1.06. The van der Waals surface area contributed by atoms with E-state index in [2.05, 4.69) is 16.6 Å². The highest BCUT2D eigenvalue weighted by Crippen LogP contribution is 1.73. The van der Waals surface area contributed by atoms with E-state index in [1.54, 1.807) is 0 Å². The van der Waals surface area contributed by atoms with Gasteiger partial charge in [-0.15, -0.1) is 6.42 Å². The monoisotopic (exact) mass is 154 g/mol. The normalized spacial score (nSPS) is 9.27. The molecule has 0 fully saturated rings. The van der Waals surface area contributed by atoms with Crippen molar-refractivity contribution in [1.29, 1.82) is 0 Å². The van der Waals surface area contributed by atoms with Crippen LogP contribution in [0.4, 0.5) is 0 Å². The van der Waals surface area contributed by atoms with Gasteiger partial charge in [-0.25, -0.2) is 0 Å². The van der Waals surface area contributed by atoms with E-state index in [0.717, 1.165) is 0 Å². The molecule has 0 aliphatic rings. The Morgan fingerprint density at radius 1 is 1.64 bits per heavy atom. The molecule has 0 spiro atoms. The topological polar surface area (TPSA) is 41.1 Å². The lowest BCUT2D eigenvalue weighted by Gasteiger charge is -2.06. The van der Waals surface area contributed by atoms with Crippen LogP contribution in [0, 0.1) is 12.3 Å². The molecule has 3 heteroatoms. The van der Waals surface area contributed by atoms with Gasteiger partial charge in [-0.1, -0.05) is 19.8 Å². The van der Waals surface area contributed by atoms with Gasteiger partial charge in [-0.2, -0.15) is 0 Å². The molecule has 0 bridgehead atoms. The quantitative estimate of drug-likeness (QED) is 0.547. The number of amides is 1. The molecule has 1 amide bonds. The van der Waals surface area contributed by atoms with Crippen LogP contribution in [0.2, 0.25) is 0 Å². The Hall–Kier alpha value is -1.01. The summed E-state index contributed by atoms with van der Waals surface area (Å²) in [4.78, 5) is 10.8. The maximum Gasteiger partial charge on any atom is 0.234 e. The Morgan fingerprint density at radius 2 is 2.27 bits per heavy atom. The Morgan fingerprint density at radius 3 is 2.73 bits per heavy atom. The first-order chi connectivity index (χ1) is 5.16. The van der Waals surface area contributed by atoms with Crippen molar-refractivity contribution in [3.63, 3.8) is 0 Å². The first-order valence-electron chi connectivity index (χ1n) is 3.60. The van der Waals surface area contributed by atoms with E-state index in [1.165, 1.54) is 0 Å². The second kappa shape index (κ2) is 5.75. The summed E-state index contributed by atoms with van der Waals surface area (Å²) in [5, 5.41) is 5.52. The Labute approximate surface area is 67.6 Å². The van der Waals surface area contributed by atoms with Crippen LogP contribution >= 0.6 is 0 Å². The summed E-state index contributed by atoms with van der Waals surface area (Å²) in [5.74, 6) is 2.27. The highest BCUT2D eigenvalue weighted by atomic mass is 16.1. The second-order valence-electron chi connectivity index (χ2n) is 2.52. The van der Waals surface area contributed by atoms with Crippen molar-refractivity contribution in [2.75, 3.05) is 13.1 Å². The van der Waals surface area contributed by atoms with Gasteiger partial charge in [-0.3, -0.25) is 4.79 Å². The van der Waals surface area contributed by atoms with Crippen LogP contribution in [0.5, 0.6) is 0 Å². The summed E-state index contributed by atoms with van der Waals surface area (Å²) < 4.78 is 0. The van der Waals surface area contributed by atoms with Gasteiger partial charge in [0.15, 0.2) is 0 Å². The van der Waals surface area contributed by atoms with E-state index in [9.17, 15) is 4.79 Å². The number of rotatable bonds is 4. The molecule has 0 heterocycles. The molecular weight excluding hydrogens is 140 g/mol. The minimum atomic E-state index is -0.0587. The van der Waals surface area contributed by atoms with Gasteiger partial charge in [0, 0.05) is 6.04 Å². The standard InChI is InChI=1S/C8H14N2O/c1-4-5-9-8(11)6-10-7(2)3/h1,7,10H,5-6H2,2-3H3,(H,9,11). The van der Waals surface area contributed by atoms with Crippen LogP contribution in [-0.4, -0.2) is 25.0 Å². The van der Waals surface area contributed by atoms with Crippen molar-refractivity contribution in [2.45, 2.75) is 19.9 Å². The Bertz CT molecular complexity index is 158. The number of hydrogen-bond acceptors (Lipinski definition) is 2. The first-order valence-corrected chi connectivity index (χ1v) is 3.60. The molecule has 0 saturated carbocycles. The maximum atomic E-state index is 10.8. The van der Waals surface area contributed by atoms with Crippen molar-refractivity contribution >= 4 is 5.91 Å². The second-order valence-corrected chi connectivity index (χ2v) is 2.52. The third kappa shape index (κ3) is 6.88. The van der Waals surface area contributed by atoms with Crippen molar-refractivity contribution < 1.29 is 4.79 Å². The summed E-state index contributed by atoms with van der Waals surface area (Å²) in [6.45, 7) is 4.60. The molecule has 3 nitrogen and oxygen atoms in total. The van der Waals surface area contributed by atoms with Crippen molar-refractivity contribution in [3.8, 4) is 12.3 Å². The van der Waals surface area contributed by atoms with Crippen LogP contribution in [0.1, 0.15) is 13.8 Å². The van der Waals surface area contributed by atoms with Crippen LogP contribution in [0.25, 0.3) is 0 Å². The van der Waals surface area contributed by atoms with Crippen LogP contribution < -0.4 is 10.6 Å². The third-order valence-electron chi connectivity index (χ3n) is 1.06. The molecule has 0 radical (unpaired) electrons. The average Bonchev–Trinajstić information content (AvgIpc) is 1.97. The van der Waals surface area contributed by atoms with Gasteiger partial charge in [0.25, 0.3) is 0 Å². The molecule has 0 aliphatic carbocycles. The minimum absolute atomic E-state index is 0.0587. The number of terminal acetylenes is 1. The lowest BCUT2D eigenvalue weighted by Crippen LogP contribution is -2.36. The summed E-state index contributed by atoms with van der Waals surface area (Å²) in [6, 6.07) is 0.326. The van der Waals surface area contributed by atoms with E-state index >= 15 is 0 Å². The summed E-state index contributed by atoms with van der Waals surface area (Å²) in [6.07, 6.45) is 4.95. The van der Waals surface area contributed by atoms with Crippen LogP contribution in [0.15, 0.2) is 0 Å². The van der Waals surface area contributed by atoms with E-state index in [1.807, 2.05) is 13.8 Å². The van der Waals surface area contributed by atoms with Crippen molar-refractivity contribution in [3.05, 3.63) is 0 Å². The van der Waals surface area contributed by atoms with Crippen LogP contribution in [0.3, 0.4) is 0 Å². The summed E-state index contributed by atoms with van der Waals surface area (Å²) in [5.41, 5.74) is 0. The molecule has 0 saturated heterocycles. The predicted octanol–water partition coefficient (Wildman–Crippen LogP) is -0.266. The zero-order valence-corrected chi connectivity index (χ0v) is 6.98. The summed E-state index contributed by atoms with van der Waals surface area (Å²) in [7, 11) is 0. The highest BCUT2D eigenvalue weighted by molar-refractivity contribution is 5.78. The number of nitrogens with one attached hydrogen (secondary N) is 2. The molecule has 11 heavy (non-hydrogen) atoms. The largest absolute Gasteiger partial charge is 0.344 e. The SMILES string of the molecule is C#CCNC(=O)CNC(C)C. The number of carbonyl (C=O) groups is 1. The molecule has 0 unspecified atom stereocenters. The molecular formula is C8H14N2O. The molecule has 0 aromatic heterocycles. The molecule has 0 rings (SSSR count). The molecule has 2 N–H and O–H groups in total. The molecule has 0 aliphatic heterocycles. The van der Waals surface area contributed by atoms with Gasteiger partial charge >= 0.3 is 0 Å². The first kappa shape index (κ1) is 9.99. The lowest BCUT2D eigenvalue weighted by molar-refractivity contribution is -0.120. The smallest absolute Gasteiger partial charge is 0.234 e. The van der Waals surface area contributed by atoms with Gasteiger partial charge in [0.1, 0.15) is 0 Å². The van der Waals surface area contributed by atoms with E-state index < -0.39 is 0 Å². The van der Waals surface area contributed by atoms with Gasteiger partial charge in [0.2, 0.25) is 5.91 Å². The zero-order chi connectivity index (χ0) is 8.69. The Balaban J connectivity index is 3.32.